The summed E-state index contributed by atoms with van der Waals surface area (Å²) in [5.41, 5.74) is 1.12. The molecule has 114 valence electrons. The zero-order valence-electron chi connectivity index (χ0n) is 11.4. The second-order valence-electron chi connectivity index (χ2n) is 4.91. The van der Waals surface area contributed by atoms with Crippen molar-refractivity contribution in [1.82, 2.24) is 19.5 Å². The predicted molar refractivity (Wildman–Crippen MR) is 88.7 cm³/mol. The number of halogens is 2. The predicted octanol–water partition coefficient (Wildman–Crippen LogP) is 3.27. The van der Waals surface area contributed by atoms with E-state index in [0.29, 0.717) is 5.95 Å². The topological polar surface area (TPSA) is 83.8 Å². The van der Waals surface area contributed by atoms with Crippen LogP contribution in [0, 0.1) is 0 Å². The molecular formula is C15H8Cl2N4O2. The number of phenols is 1. The first kappa shape index (κ1) is 14.0. The number of fused-ring (bicyclic) bond motifs is 2. The monoisotopic (exact) mass is 346 g/mol. The van der Waals surface area contributed by atoms with Crippen LogP contribution in [0.1, 0.15) is 0 Å². The summed E-state index contributed by atoms with van der Waals surface area (Å²) in [5.74, 6) is 0.0380. The zero-order valence-corrected chi connectivity index (χ0v) is 12.9. The van der Waals surface area contributed by atoms with Crippen LogP contribution in [-0.4, -0.2) is 24.6 Å². The molecule has 0 fully saturated rings. The fourth-order valence-corrected chi connectivity index (χ4v) is 2.95. The molecule has 0 bridgehead atoms. The number of nitrogens with one attached hydrogen (secondary N) is 1. The molecule has 6 nitrogen and oxygen atoms in total. The lowest BCUT2D eigenvalue weighted by molar-refractivity contribution is 0.480. The summed E-state index contributed by atoms with van der Waals surface area (Å²) in [7, 11) is 0. The molecule has 0 amide bonds. The Balaban J connectivity index is 2.05. The molecule has 4 rings (SSSR count). The number of aromatic hydroxyl groups is 1. The van der Waals surface area contributed by atoms with E-state index >= 15 is 0 Å². The number of imidazole rings is 1. The zero-order chi connectivity index (χ0) is 16.1. The van der Waals surface area contributed by atoms with E-state index in [4.69, 9.17) is 23.2 Å². The third kappa shape index (κ3) is 2.07. The van der Waals surface area contributed by atoms with E-state index in [1.807, 2.05) is 24.3 Å². The van der Waals surface area contributed by atoms with Crippen LogP contribution in [0.15, 0.2) is 41.5 Å². The van der Waals surface area contributed by atoms with Crippen LogP contribution in [0.3, 0.4) is 0 Å². The van der Waals surface area contributed by atoms with Crippen molar-refractivity contribution < 1.29 is 5.11 Å². The second kappa shape index (κ2) is 4.97. The average molecular weight is 347 g/mol. The van der Waals surface area contributed by atoms with Crippen LogP contribution >= 0.6 is 23.2 Å². The van der Waals surface area contributed by atoms with Gasteiger partial charge in [-0.05, 0) is 18.2 Å². The number of H-pyrrole nitrogens is 1. The van der Waals surface area contributed by atoms with Crippen molar-refractivity contribution in [3.05, 3.63) is 57.1 Å². The molecule has 8 heteroatoms. The van der Waals surface area contributed by atoms with E-state index in [-0.39, 0.29) is 26.7 Å². The summed E-state index contributed by atoms with van der Waals surface area (Å²) in [4.78, 5) is 24.2. The van der Waals surface area contributed by atoms with Crippen molar-refractivity contribution in [2.45, 2.75) is 0 Å². The first-order valence-corrected chi connectivity index (χ1v) is 7.35. The van der Waals surface area contributed by atoms with Crippen LogP contribution in [-0.2, 0) is 0 Å². The number of hydrogen-bond donors (Lipinski definition) is 2. The molecule has 2 heterocycles. The Bertz CT molecular complexity index is 1100. The molecule has 0 aliphatic carbocycles. The number of hydrogen-bond acceptors (Lipinski definition) is 4. The molecule has 4 aromatic rings. The minimum Gasteiger partial charge on any atom is -0.504 e. The highest BCUT2D eigenvalue weighted by Crippen LogP contribution is 2.34. The molecule has 0 saturated carbocycles. The fraction of sp³-hybridized carbons (Fsp3) is 0. The van der Waals surface area contributed by atoms with Crippen LogP contribution in [0.5, 0.6) is 5.75 Å². The van der Waals surface area contributed by atoms with Crippen molar-refractivity contribution in [3.8, 4) is 11.7 Å². The van der Waals surface area contributed by atoms with Gasteiger partial charge in [0.1, 0.15) is 11.8 Å². The van der Waals surface area contributed by atoms with Crippen molar-refractivity contribution in [1.29, 1.82) is 0 Å². The quantitative estimate of drug-likeness (QED) is 0.554. The van der Waals surface area contributed by atoms with E-state index in [0.717, 1.165) is 11.0 Å². The van der Waals surface area contributed by atoms with Gasteiger partial charge in [-0.2, -0.15) is 0 Å². The van der Waals surface area contributed by atoms with Crippen LogP contribution in [0.2, 0.25) is 10.0 Å². The standard InChI is InChI=1S/C15H8Cl2N4O2/c16-7-5-8(17)13(22)12-11(7)14(23)21(6-18-12)15-19-9-3-1-2-4-10(9)20-15/h1-6,22H,(H,19,20). The number of aromatic nitrogens is 4. The SMILES string of the molecule is O=c1c2c(Cl)cc(Cl)c(O)c2ncn1-c1nc2ccccc2[nH]1. The number of aromatic amines is 1. The highest BCUT2D eigenvalue weighted by molar-refractivity contribution is 6.39. The summed E-state index contributed by atoms with van der Waals surface area (Å²) in [6.45, 7) is 0. The highest BCUT2D eigenvalue weighted by Gasteiger charge is 2.17. The summed E-state index contributed by atoms with van der Waals surface area (Å²) in [6, 6.07) is 8.71. The first-order chi connectivity index (χ1) is 11.1. The summed E-state index contributed by atoms with van der Waals surface area (Å²) in [6.07, 6.45) is 1.27. The number of benzene rings is 2. The molecule has 2 aromatic heterocycles. The van der Waals surface area contributed by atoms with Crippen LogP contribution in [0.4, 0.5) is 0 Å². The molecule has 0 saturated heterocycles. The first-order valence-electron chi connectivity index (χ1n) is 6.59. The van der Waals surface area contributed by atoms with Crippen LogP contribution < -0.4 is 5.56 Å². The van der Waals surface area contributed by atoms with E-state index in [1.54, 1.807) is 0 Å². The molecule has 0 aliphatic heterocycles. The molecule has 0 spiro atoms. The van der Waals surface area contributed by atoms with E-state index in [1.165, 1.54) is 17.0 Å². The lowest BCUT2D eigenvalue weighted by atomic mass is 10.2. The molecule has 2 N–H and O–H groups in total. The van der Waals surface area contributed by atoms with Gasteiger partial charge in [-0.25, -0.2) is 14.5 Å². The second-order valence-corrected chi connectivity index (χ2v) is 5.72. The Morgan fingerprint density at radius 2 is 1.96 bits per heavy atom. The minimum absolute atomic E-state index is 0.0379. The van der Waals surface area contributed by atoms with Crippen molar-refractivity contribution in [2.75, 3.05) is 0 Å². The van der Waals surface area contributed by atoms with Crippen molar-refractivity contribution in [3.63, 3.8) is 0 Å². The van der Waals surface area contributed by atoms with E-state index in [9.17, 15) is 9.90 Å². The van der Waals surface area contributed by atoms with Gasteiger partial charge >= 0.3 is 0 Å². The van der Waals surface area contributed by atoms with Gasteiger partial charge in [0.15, 0.2) is 5.75 Å². The maximum atomic E-state index is 12.7. The Morgan fingerprint density at radius 1 is 1.17 bits per heavy atom. The Labute approximate surface area is 138 Å². The van der Waals surface area contributed by atoms with Gasteiger partial charge in [0.05, 0.1) is 26.5 Å². The maximum Gasteiger partial charge on any atom is 0.269 e. The summed E-state index contributed by atoms with van der Waals surface area (Å²) < 4.78 is 1.24. The summed E-state index contributed by atoms with van der Waals surface area (Å²) in [5, 5.41) is 10.2. The molecule has 23 heavy (non-hydrogen) atoms. The number of nitrogens with zero attached hydrogens (tertiary/aromatic N) is 3. The number of rotatable bonds is 1. The van der Waals surface area contributed by atoms with Gasteiger partial charge in [0, 0.05) is 0 Å². The van der Waals surface area contributed by atoms with Gasteiger partial charge in [-0.1, -0.05) is 35.3 Å². The molecule has 0 atom stereocenters. The van der Waals surface area contributed by atoms with E-state index < -0.39 is 5.56 Å². The van der Waals surface area contributed by atoms with Gasteiger partial charge in [-0.15, -0.1) is 0 Å². The molecule has 0 aliphatic rings. The van der Waals surface area contributed by atoms with Gasteiger partial charge in [0.25, 0.3) is 5.56 Å². The Morgan fingerprint density at radius 3 is 2.74 bits per heavy atom. The molecular weight excluding hydrogens is 339 g/mol. The number of para-hydroxylation sites is 2. The van der Waals surface area contributed by atoms with Gasteiger partial charge in [0.2, 0.25) is 5.95 Å². The lowest BCUT2D eigenvalue weighted by Crippen LogP contribution is -2.20. The van der Waals surface area contributed by atoms with Gasteiger partial charge < -0.3 is 10.1 Å². The Kier molecular flexibility index (Phi) is 3.04. The van der Waals surface area contributed by atoms with Crippen LogP contribution in [0.25, 0.3) is 27.9 Å². The molecule has 0 radical (unpaired) electrons. The van der Waals surface area contributed by atoms with Crippen molar-refractivity contribution in [2.24, 2.45) is 0 Å². The maximum absolute atomic E-state index is 12.7. The minimum atomic E-state index is -0.453. The summed E-state index contributed by atoms with van der Waals surface area (Å²) >= 11 is 12.0. The fourth-order valence-electron chi connectivity index (χ4n) is 2.42. The average Bonchev–Trinajstić information content (AvgIpc) is 2.96. The Hall–Kier alpha value is -2.57. The molecule has 2 aromatic carbocycles. The number of phenolic OH excluding ortho intramolecular Hbond substituents is 1. The van der Waals surface area contributed by atoms with E-state index in [2.05, 4.69) is 15.0 Å². The highest BCUT2D eigenvalue weighted by atomic mass is 35.5. The van der Waals surface area contributed by atoms with Crippen molar-refractivity contribution >= 4 is 45.1 Å². The smallest absolute Gasteiger partial charge is 0.269 e. The largest absolute Gasteiger partial charge is 0.504 e. The third-order valence-corrected chi connectivity index (χ3v) is 4.11. The normalized spacial score (nSPS) is 11.4. The third-order valence-electron chi connectivity index (χ3n) is 3.52. The molecule has 0 unspecified atom stereocenters. The van der Waals surface area contributed by atoms with Gasteiger partial charge in [-0.3, -0.25) is 4.79 Å². The lowest BCUT2D eigenvalue weighted by Gasteiger charge is -2.07.